The van der Waals surface area contributed by atoms with Crippen LogP contribution in [-0.2, 0) is 0 Å². The highest BCUT2D eigenvalue weighted by Gasteiger charge is 2.38. The summed E-state index contributed by atoms with van der Waals surface area (Å²) in [5, 5.41) is 10.1. The van der Waals surface area contributed by atoms with E-state index in [0.29, 0.717) is 6.42 Å². The SMILES string of the molecule is Cc1cc(C)c2[nH]ccc2c1O[C@H]1CCN(CC(F)(F)F)C[C@@H]1c1ccc(C(=O)O)cc1. The van der Waals surface area contributed by atoms with Crippen LogP contribution in [0.4, 0.5) is 13.2 Å². The number of halogens is 3. The number of aromatic nitrogens is 1. The first-order valence-electron chi connectivity index (χ1n) is 10.5. The smallest absolute Gasteiger partial charge is 0.401 e. The fraction of sp³-hybridized carbons (Fsp3) is 0.375. The molecule has 2 aromatic carbocycles. The average Bonchev–Trinajstić information content (AvgIpc) is 3.21. The molecule has 0 amide bonds. The molecule has 8 heteroatoms. The zero-order chi connectivity index (χ0) is 23.0. The number of benzene rings is 2. The Balaban J connectivity index is 1.67. The number of hydrogen-bond acceptors (Lipinski definition) is 3. The molecule has 0 unspecified atom stereocenters. The Morgan fingerprint density at radius 2 is 1.91 bits per heavy atom. The van der Waals surface area contributed by atoms with Gasteiger partial charge < -0.3 is 14.8 Å². The van der Waals surface area contributed by atoms with E-state index in [1.807, 2.05) is 32.2 Å². The second kappa shape index (κ2) is 8.50. The van der Waals surface area contributed by atoms with E-state index in [4.69, 9.17) is 4.74 Å². The number of aryl methyl sites for hydroxylation is 2. The van der Waals surface area contributed by atoms with E-state index in [1.165, 1.54) is 17.0 Å². The van der Waals surface area contributed by atoms with Crippen molar-refractivity contribution in [3.63, 3.8) is 0 Å². The minimum absolute atomic E-state index is 0.137. The number of nitrogens with one attached hydrogen (secondary N) is 1. The number of H-pyrrole nitrogens is 1. The van der Waals surface area contributed by atoms with E-state index < -0.39 is 18.7 Å². The lowest BCUT2D eigenvalue weighted by molar-refractivity contribution is -0.150. The molecule has 1 saturated heterocycles. The number of hydrogen-bond donors (Lipinski definition) is 2. The minimum Gasteiger partial charge on any atom is -0.489 e. The maximum atomic E-state index is 13.0. The molecule has 0 bridgehead atoms. The number of likely N-dealkylation sites (tertiary alicyclic amines) is 1. The molecule has 0 radical (unpaired) electrons. The van der Waals surface area contributed by atoms with Gasteiger partial charge in [0.1, 0.15) is 11.9 Å². The molecule has 32 heavy (non-hydrogen) atoms. The topological polar surface area (TPSA) is 65.6 Å². The molecule has 3 aromatic rings. The van der Waals surface area contributed by atoms with Gasteiger partial charge >= 0.3 is 12.1 Å². The van der Waals surface area contributed by atoms with E-state index in [1.54, 1.807) is 12.1 Å². The Morgan fingerprint density at radius 1 is 1.19 bits per heavy atom. The third-order valence-corrected chi connectivity index (χ3v) is 6.07. The molecule has 1 fully saturated rings. The number of aromatic carboxylic acids is 1. The molecule has 1 aliphatic rings. The third kappa shape index (κ3) is 4.60. The monoisotopic (exact) mass is 446 g/mol. The van der Waals surface area contributed by atoms with E-state index in [9.17, 15) is 23.1 Å². The van der Waals surface area contributed by atoms with Crippen LogP contribution >= 0.6 is 0 Å². The maximum absolute atomic E-state index is 13.0. The first kappa shape index (κ1) is 22.2. The van der Waals surface area contributed by atoms with Gasteiger partial charge in [-0.15, -0.1) is 0 Å². The van der Waals surface area contributed by atoms with E-state index in [-0.39, 0.29) is 30.7 Å². The van der Waals surface area contributed by atoms with Crippen molar-refractivity contribution < 1.29 is 27.8 Å². The van der Waals surface area contributed by atoms with E-state index in [0.717, 1.165) is 33.3 Å². The van der Waals surface area contributed by atoms with Crippen LogP contribution in [0.5, 0.6) is 5.75 Å². The molecule has 0 spiro atoms. The van der Waals surface area contributed by atoms with Gasteiger partial charge in [-0.05, 0) is 55.2 Å². The number of carbonyl (C=O) groups is 1. The lowest BCUT2D eigenvalue weighted by Gasteiger charge is -2.39. The van der Waals surface area contributed by atoms with Crippen molar-refractivity contribution in [2.24, 2.45) is 0 Å². The highest BCUT2D eigenvalue weighted by atomic mass is 19.4. The minimum atomic E-state index is -4.28. The number of aromatic amines is 1. The summed E-state index contributed by atoms with van der Waals surface area (Å²) in [5.41, 5.74) is 3.94. The summed E-state index contributed by atoms with van der Waals surface area (Å²) in [6.45, 7) is 3.45. The summed E-state index contributed by atoms with van der Waals surface area (Å²) in [6, 6.07) is 10.3. The molecule has 2 heterocycles. The van der Waals surface area contributed by atoms with Crippen molar-refractivity contribution in [3.05, 3.63) is 64.8 Å². The van der Waals surface area contributed by atoms with Gasteiger partial charge in [-0.2, -0.15) is 13.2 Å². The highest BCUT2D eigenvalue weighted by Crippen LogP contribution is 2.37. The lowest BCUT2D eigenvalue weighted by atomic mass is 9.87. The normalized spacial score (nSPS) is 19.9. The molecule has 2 atom stereocenters. The zero-order valence-electron chi connectivity index (χ0n) is 17.9. The number of fused-ring (bicyclic) bond motifs is 1. The van der Waals surface area contributed by atoms with Crippen molar-refractivity contribution >= 4 is 16.9 Å². The largest absolute Gasteiger partial charge is 0.489 e. The molecule has 5 nitrogen and oxygen atoms in total. The molecule has 1 aromatic heterocycles. The molecule has 0 saturated carbocycles. The Kier molecular flexibility index (Phi) is 5.90. The molecule has 1 aliphatic heterocycles. The van der Waals surface area contributed by atoms with Crippen LogP contribution in [-0.4, -0.2) is 52.9 Å². The fourth-order valence-corrected chi connectivity index (χ4v) is 4.60. The molecule has 0 aliphatic carbocycles. The summed E-state index contributed by atoms with van der Waals surface area (Å²) < 4.78 is 45.6. The summed E-state index contributed by atoms with van der Waals surface area (Å²) in [4.78, 5) is 15.8. The Bertz CT molecular complexity index is 1120. The van der Waals surface area contributed by atoms with Gasteiger partial charge in [0.05, 0.1) is 17.6 Å². The average molecular weight is 446 g/mol. The first-order chi connectivity index (χ1) is 15.1. The van der Waals surface area contributed by atoms with Crippen molar-refractivity contribution in [3.8, 4) is 5.75 Å². The summed E-state index contributed by atoms with van der Waals surface area (Å²) in [6.07, 6.45) is -2.34. The van der Waals surface area contributed by atoms with Gasteiger partial charge in [0.2, 0.25) is 0 Å². The molecule has 4 rings (SSSR count). The van der Waals surface area contributed by atoms with Gasteiger partial charge in [0, 0.05) is 30.6 Å². The molecule has 170 valence electrons. The predicted molar refractivity (Wildman–Crippen MR) is 115 cm³/mol. The number of rotatable bonds is 5. The lowest BCUT2D eigenvalue weighted by Crippen LogP contribution is -2.47. The van der Waals surface area contributed by atoms with Crippen molar-refractivity contribution in [2.45, 2.75) is 38.5 Å². The Morgan fingerprint density at radius 3 is 2.56 bits per heavy atom. The summed E-state index contributed by atoms with van der Waals surface area (Å²) >= 11 is 0. The molecule has 2 N–H and O–H groups in total. The Labute approximate surface area is 183 Å². The van der Waals surface area contributed by atoms with Gasteiger partial charge in [0.15, 0.2) is 0 Å². The van der Waals surface area contributed by atoms with Crippen molar-refractivity contribution in [1.82, 2.24) is 9.88 Å². The fourth-order valence-electron chi connectivity index (χ4n) is 4.60. The van der Waals surface area contributed by atoms with Crippen LogP contribution in [0.25, 0.3) is 10.9 Å². The maximum Gasteiger partial charge on any atom is 0.401 e. The van der Waals surface area contributed by atoms with Crippen LogP contribution in [0.3, 0.4) is 0 Å². The quantitative estimate of drug-likeness (QED) is 0.560. The second-order valence-corrected chi connectivity index (χ2v) is 8.43. The first-order valence-corrected chi connectivity index (χ1v) is 10.5. The van der Waals surface area contributed by atoms with Crippen LogP contribution in [0, 0.1) is 13.8 Å². The predicted octanol–water partition coefficient (Wildman–Crippen LogP) is 5.28. The van der Waals surface area contributed by atoms with Crippen molar-refractivity contribution in [1.29, 1.82) is 0 Å². The van der Waals surface area contributed by atoms with Gasteiger partial charge in [-0.3, -0.25) is 4.90 Å². The number of alkyl halides is 3. The van der Waals surface area contributed by atoms with Crippen molar-refractivity contribution in [2.75, 3.05) is 19.6 Å². The van der Waals surface area contributed by atoms with Gasteiger partial charge in [0.25, 0.3) is 0 Å². The number of carboxylic acid groups (broad SMARTS) is 1. The van der Waals surface area contributed by atoms with Crippen LogP contribution in [0.2, 0.25) is 0 Å². The molecular formula is C24H25F3N2O3. The van der Waals surface area contributed by atoms with E-state index in [2.05, 4.69) is 4.98 Å². The third-order valence-electron chi connectivity index (χ3n) is 6.07. The van der Waals surface area contributed by atoms with Crippen LogP contribution in [0.1, 0.15) is 39.4 Å². The number of carboxylic acids is 1. The standard InChI is InChI=1S/C24H25F3N2O3/c1-14-11-15(2)22(18-7-9-28-21(14)18)32-20-8-10-29(13-24(25,26)27)12-19(20)16-3-5-17(6-4-16)23(30)31/h3-7,9,11,19-20,28H,8,10,12-13H2,1-2H3,(H,30,31)/t19-,20+/m1/s1. The zero-order valence-corrected chi connectivity index (χ0v) is 17.9. The van der Waals surface area contributed by atoms with E-state index >= 15 is 0 Å². The highest BCUT2D eigenvalue weighted by molar-refractivity contribution is 5.90. The molecular weight excluding hydrogens is 421 g/mol. The van der Waals surface area contributed by atoms with Crippen LogP contribution in [0.15, 0.2) is 42.6 Å². The number of piperidine rings is 1. The second-order valence-electron chi connectivity index (χ2n) is 8.43. The van der Waals surface area contributed by atoms with Crippen LogP contribution < -0.4 is 4.74 Å². The van der Waals surface area contributed by atoms with Gasteiger partial charge in [-0.1, -0.05) is 18.2 Å². The Hall–Kier alpha value is -3.00. The number of nitrogens with zero attached hydrogens (tertiary/aromatic N) is 1. The number of ether oxygens (including phenoxy) is 1. The summed E-state index contributed by atoms with van der Waals surface area (Å²) in [7, 11) is 0. The summed E-state index contributed by atoms with van der Waals surface area (Å²) in [5.74, 6) is -0.645. The van der Waals surface area contributed by atoms with Gasteiger partial charge in [-0.25, -0.2) is 4.79 Å².